The number of rotatable bonds is 11. The van der Waals surface area contributed by atoms with Crippen LogP contribution < -0.4 is 0 Å². The van der Waals surface area contributed by atoms with Gasteiger partial charge in [-0.05, 0) is 87.9 Å². The van der Waals surface area contributed by atoms with Crippen LogP contribution in [0.1, 0.15) is 92.4 Å². The van der Waals surface area contributed by atoms with Gasteiger partial charge in [0, 0.05) is 13.2 Å². The normalized spacial score (nSPS) is 36.7. The van der Waals surface area contributed by atoms with Crippen LogP contribution in [0.3, 0.4) is 0 Å². The van der Waals surface area contributed by atoms with Crippen molar-refractivity contribution in [2.45, 2.75) is 110 Å². The van der Waals surface area contributed by atoms with Gasteiger partial charge in [-0.3, -0.25) is 0 Å². The first-order chi connectivity index (χ1) is 15.6. The Morgan fingerprint density at radius 3 is 2.48 bits per heavy atom. The number of hydrogen-bond acceptors (Lipinski definition) is 5. The SMILES string of the molecule is C=CC(C)(CC[C@H]1C(C)(OCOCCO)CCC2C(C)(C)CCC[C@@]21C)OC1CCOCC1. The number of aliphatic hydroxyl groups excluding tert-OH is 1. The molecule has 3 fully saturated rings. The van der Waals surface area contributed by atoms with Crippen LogP contribution in [0.15, 0.2) is 12.7 Å². The van der Waals surface area contributed by atoms with E-state index in [1.807, 2.05) is 6.08 Å². The average Bonchev–Trinajstić information content (AvgIpc) is 2.76. The highest BCUT2D eigenvalue weighted by Crippen LogP contribution is 2.63. The van der Waals surface area contributed by atoms with Crippen molar-refractivity contribution < 1.29 is 24.1 Å². The topological polar surface area (TPSA) is 57.2 Å². The molecular formula is C28H50O5. The van der Waals surface area contributed by atoms with E-state index in [9.17, 15) is 0 Å². The predicted molar refractivity (Wildman–Crippen MR) is 132 cm³/mol. The van der Waals surface area contributed by atoms with Crippen LogP contribution >= 0.6 is 0 Å². The summed E-state index contributed by atoms with van der Waals surface area (Å²) in [5.74, 6) is 1.11. The first kappa shape index (κ1) is 27.1. The first-order valence-corrected chi connectivity index (χ1v) is 13.3. The lowest BCUT2D eigenvalue weighted by Crippen LogP contribution is -2.58. The van der Waals surface area contributed by atoms with E-state index in [0.29, 0.717) is 23.9 Å². The zero-order valence-electron chi connectivity index (χ0n) is 22.0. The summed E-state index contributed by atoms with van der Waals surface area (Å²) in [5.41, 5.74) is 0.00543. The minimum atomic E-state index is -0.343. The van der Waals surface area contributed by atoms with Gasteiger partial charge in [0.25, 0.3) is 0 Å². The van der Waals surface area contributed by atoms with E-state index in [1.54, 1.807) is 0 Å². The molecule has 2 aliphatic carbocycles. The minimum Gasteiger partial charge on any atom is -0.394 e. The Kier molecular flexibility index (Phi) is 9.11. The second kappa shape index (κ2) is 11.1. The predicted octanol–water partition coefficient (Wildman–Crippen LogP) is 5.89. The Bertz CT molecular complexity index is 630. The van der Waals surface area contributed by atoms with Gasteiger partial charge in [-0.2, -0.15) is 0 Å². The molecule has 0 aromatic heterocycles. The van der Waals surface area contributed by atoms with Gasteiger partial charge in [0.05, 0.1) is 30.5 Å². The Morgan fingerprint density at radius 1 is 1.09 bits per heavy atom. The van der Waals surface area contributed by atoms with Crippen molar-refractivity contribution in [2.75, 3.05) is 33.2 Å². The molecule has 1 N–H and O–H groups in total. The maximum atomic E-state index is 9.10. The van der Waals surface area contributed by atoms with Crippen LogP contribution in [0.5, 0.6) is 0 Å². The summed E-state index contributed by atoms with van der Waals surface area (Å²) < 4.78 is 24.2. The lowest BCUT2D eigenvalue weighted by atomic mass is 9.45. The summed E-state index contributed by atoms with van der Waals surface area (Å²) in [7, 11) is 0. The molecule has 0 spiro atoms. The second-order valence-electron chi connectivity index (χ2n) is 12.2. The molecule has 1 saturated heterocycles. The molecule has 0 radical (unpaired) electrons. The third-order valence-corrected chi connectivity index (χ3v) is 9.41. The smallest absolute Gasteiger partial charge is 0.147 e. The summed E-state index contributed by atoms with van der Waals surface area (Å²) in [5, 5.41) is 9.10. The van der Waals surface area contributed by atoms with E-state index in [0.717, 1.165) is 45.3 Å². The van der Waals surface area contributed by atoms with Crippen LogP contribution in [0, 0.1) is 22.7 Å². The van der Waals surface area contributed by atoms with Crippen LogP contribution in [-0.2, 0) is 18.9 Å². The zero-order chi connectivity index (χ0) is 24.2. The molecule has 3 aliphatic rings. The highest BCUT2D eigenvalue weighted by atomic mass is 16.7. The highest BCUT2D eigenvalue weighted by molar-refractivity contribution is 5.09. The Hall–Kier alpha value is -0.460. The summed E-state index contributed by atoms with van der Waals surface area (Å²) >= 11 is 0. The Morgan fingerprint density at radius 2 is 1.82 bits per heavy atom. The van der Waals surface area contributed by atoms with Crippen molar-refractivity contribution in [3.63, 3.8) is 0 Å². The molecule has 1 heterocycles. The molecule has 2 saturated carbocycles. The fourth-order valence-corrected chi connectivity index (χ4v) is 7.53. The molecular weight excluding hydrogens is 416 g/mol. The van der Waals surface area contributed by atoms with Gasteiger partial charge in [0.15, 0.2) is 0 Å². The number of aliphatic hydroxyl groups is 1. The largest absolute Gasteiger partial charge is 0.394 e. The summed E-state index contributed by atoms with van der Waals surface area (Å²) in [4.78, 5) is 0. The van der Waals surface area contributed by atoms with Crippen LogP contribution in [0.25, 0.3) is 0 Å². The zero-order valence-corrected chi connectivity index (χ0v) is 22.0. The van der Waals surface area contributed by atoms with E-state index in [4.69, 9.17) is 24.1 Å². The third kappa shape index (κ3) is 6.22. The summed E-state index contributed by atoms with van der Waals surface area (Å²) in [6.45, 7) is 18.3. The second-order valence-corrected chi connectivity index (χ2v) is 12.2. The molecule has 5 atom stereocenters. The van der Waals surface area contributed by atoms with Crippen molar-refractivity contribution in [2.24, 2.45) is 22.7 Å². The van der Waals surface area contributed by atoms with Gasteiger partial charge in [0.1, 0.15) is 6.79 Å². The molecule has 3 rings (SSSR count). The van der Waals surface area contributed by atoms with Crippen LogP contribution in [0.4, 0.5) is 0 Å². The van der Waals surface area contributed by atoms with E-state index in [-0.39, 0.29) is 36.1 Å². The van der Waals surface area contributed by atoms with Gasteiger partial charge < -0.3 is 24.1 Å². The molecule has 5 heteroatoms. The van der Waals surface area contributed by atoms with Gasteiger partial charge in [-0.25, -0.2) is 0 Å². The van der Waals surface area contributed by atoms with Crippen LogP contribution in [0.2, 0.25) is 0 Å². The number of hydrogen-bond donors (Lipinski definition) is 1. The van der Waals surface area contributed by atoms with Crippen molar-refractivity contribution in [1.82, 2.24) is 0 Å². The minimum absolute atomic E-state index is 0.0265. The molecule has 0 aromatic carbocycles. The van der Waals surface area contributed by atoms with E-state index >= 15 is 0 Å². The van der Waals surface area contributed by atoms with E-state index < -0.39 is 0 Å². The monoisotopic (exact) mass is 466 g/mol. The molecule has 0 aromatic rings. The Balaban J connectivity index is 1.79. The lowest BCUT2D eigenvalue weighted by Gasteiger charge is -2.62. The van der Waals surface area contributed by atoms with E-state index in [2.05, 4.69) is 41.2 Å². The summed E-state index contributed by atoms with van der Waals surface area (Å²) in [6.07, 6.45) is 12.3. The van der Waals surface area contributed by atoms with Crippen LogP contribution in [-0.4, -0.2) is 55.6 Å². The fourth-order valence-electron chi connectivity index (χ4n) is 7.53. The molecule has 192 valence electrons. The molecule has 5 nitrogen and oxygen atoms in total. The van der Waals surface area contributed by atoms with Gasteiger partial charge in [-0.1, -0.05) is 33.3 Å². The van der Waals surface area contributed by atoms with Gasteiger partial charge in [-0.15, -0.1) is 6.58 Å². The molecule has 3 unspecified atom stereocenters. The first-order valence-electron chi connectivity index (χ1n) is 13.3. The molecule has 1 aliphatic heterocycles. The lowest BCUT2D eigenvalue weighted by molar-refractivity contribution is -0.229. The van der Waals surface area contributed by atoms with Crippen molar-refractivity contribution in [3.05, 3.63) is 12.7 Å². The fraction of sp³-hybridized carbons (Fsp3) is 0.929. The Labute approximate surface area is 202 Å². The van der Waals surface area contributed by atoms with Crippen molar-refractivity contribution in [3.8, 4) is 0 Å². The molecule has 0 bridgehead atoms. The third-order valence-electron chi connectivity index (χ3n) is 9.41. The van der Waals surface area contributed by atoms with Crippen molar-refractivity contribution in [1.29, 1.82) is 0 Å². The number of ether oxygens (including phenoxy) is 4. The number of fused-ring (bicyclic) bond motifs is 1. The highest BCUT2D eigenvalue weighted by Gasteiger charge is 2.58. The standard InChI is InChI=1S/C28H50O5/c1-7-26(4,33-22-11-18-30-19-12-22)15-9-24-27(5)14-8-13-25(2,3)23(27)10-16-28(24,6)32-21-31-20-17-29/h7,22-24,29H,1,8-21H2,2-6H3/t23?,24-,26?,27+,28?/m1/s1. The summed E-state index contributed by atoms with van der Waals surface area (Å²) in [6, 6.07) is 0. The molecule has 33 heavy (non-hydrogen) atoms. The maximum absolute atomic E-state index is 9.10. The van der Waals surface area contributed by atoms with E-state index in [1.165, 1.54) is 25.7 Å². The molecule has 0 amide bonds. The quantitative estimate of drug-likeness (QED) is 0.234. The average molecular weight is 467 g/mol. The van der Waals surface area contributed by atoms with Gasteiger partial charge >= 0.3 is 0 Å². The van der Waals surface area contributed by atoms with Crippen molar-refractivity contribution >= 4 is 0 Å². The maximum Gasteiger partial charge on any atom is 0.147 e. The van der Waals surface area contributed by atoms with Gasteiger partial charge in [0.2, 0.25) is 0 Å².